The lowest BCUT2D eigenvalue weighted by molar-refractivity contribution is 0.172. The van der Waals surface area contributed by atoms with Crippen molar-refractivity contribution in [1.29, 1.82) is 0 Å². The van der Waals surface area contributed by atoms with E-state index in [2.05, 4.69) is 48.6 Å². The molecule has 0 saturated carbocycles. The standard InChI is InChI=1S/C22H23NO/c1-17-12-14-20(15-13-17)22(19-10-6-3-7-11-19)23-16-21(24)18-8-4-2-5-9-18/h2-15,21-24H,16H2,1H3/t21-,22-/m1/s1. The molecule has 0 saturated heterocycles. The molecule has 0 spiro atoms. The van der Waals surface area contributed by atoms with E-state index in [0.29, 0.717) is 6.54 Å². The molecule has 2 heteroatoms. The molecule has 0 aliphatic rings. The Morgan fingerprint density at radius 2 is 1.21 bits per heavy atom. The number of aliphatic hydroxyl groups excluding tert-OH is 1. The lowest BCUT2D eigenvalue weighted by Crippen LogP contribution is -2.27. The summed E-state index contributed by atoms with van der Waals surface area (Å²) in [5.41, 5.74) is 4.57. The summed E-state index contributed by atoms with van der Waals surface area (Å²) in [4.78, 5) is 0. The van der Waals surface area contributed by atoms with Crippen LogP contribution in [-0.2, 0) is 0 Å². The van der Waals surface area contributed by atoms with Gasteiger partial charge in [0.25, 0.3) is 0 Å². The summed E-state index contributed by atoms with van der Waals surface area (Å²) in [7, 11) is 0. The van der Waals surface area contributed by atoms with E-state index in [9.17, 15) is 5.11 Å². The fraction of sp³-hybridized carbons (Fsp3) is 0.182. The number of aliphatic hydroxyl groups is 1. The average Bonchev–Trinajstić information content (AvgIpc) is 2.65. The maximum atomic E-state index is 10.4. The van der Waals surface area contributed by atoms with Crippen LogP contribution in [0.4, 0.5) is 0 Å². The normalized spacial score (nSPS) is 13.4. The molecule has 3 aromatic carbocycles. The Balaban J connectivity index is 1.79. The van der Waals surface area contributed by atoms with Crippen LogP contribution in [0.3, 0.4) is 0 Å². The van der Waals surface area contributed by atoms with Gasteiger partial charge in [-0.15, -0.1) is 0 Å². The smallest absolute Gasteiger partial charge is 0.0914 e. The largest absolute Gasteiger partial charge is 0.387 e. The molecule has 0 heterocycles. The predicted molar refractivity (Wildman–Crippen MR) is 98.9 cm³/mol. The highest BCUT2D eigenvalue weighted by Gasteiger charge is 2.15. The van der Waals surface area contributed by atoms with Gasteiger partial charge in [-0.05, 0) is 23.6 Å². The first-order valence-corrected chi connectivity index (χ1v) is 8.32. The lowest BCUT2D eigenvalue weighted by Gasteiger charge is -2.22. The Hall–Kier alpha value is -2.42. The molecule has 2 nitrogen and oxygen atoms in total. The molecule has 0 fully saturated rings. The molecular formula is C22H23NO. The van der Waals surface area contributed by atoms with Gasteiger partial charge in [0.05, 0.1) is 12.1 Å². The summed E-state index contributed by atoms with van der Waals surface area (Å²) in [5.74, 6) is 0. The molecule has 2 N–H and O–H groups in total. The van der Waals surface area contributed by atoms with Crippen LogP contribution in [0.5, 0.6) is 0 Å². The molecule has 0 radical (unpaired) electrons. The highest BCUT2D eigenvalue weighted by molar-refractivity contribution is 5.33. The minimum Gasteiger partial charge on any atom is -0.387 e. The highest BCUT2D eigenvalue weighted by Crippen LogP contribution is 2.23. The molecule has 0 bridgehead atoms. The van der Waals surface area contributed by atoms with E-state index in [-0.39, 0.29) is 6.04 Å². The Labute approximate surface area is 143 Å². The van der Waals surface area contributed by atoms with Gasteiger partial charge in [-0.3, -0.25) is 0 Å². The summed E-state index contributed by atoms with van der Waals surface area (Å²) in [6, 6.07) is 28.7. The predicted octanol–water partition coefficient (Wildman–Crippen LogP) is 4.41. The second kappa shape index (κ2) is 7.91. The number of nitrogens with one attached hydrogen (secondary N) is 1. The fourth-order valence-electron chi connectivity index (χ4n) is 2.86. The second-order valence-corrected chi connectivity index (χ2v) is 6.09. The zero-order valence-corrected chi connectivity index (χ0v) is 13.9. The van der Waals surface area contributed by atoms with Crippen LogP contribution < -0.4 is 5.32 Å². The molecule has 0 amide bonds. The molecule has 24 heavy (non-hydrogen) atoms. The van der Waals surface area contributed by atoms with Crippen molar-refractivity contribution in [3.05, 3.63) is 107 Å². The van der Waals surface area contributed by atoms with Crippen molar-refractivity contribution in [2.24, 2.45) is 0 Å². The van der Waals surface area contributed by atoms with Crippen molar-refractivity contribution in [2.45, 2.75) is 19.1 Å². The zero-order valence-electron chi connectivity index (χ0n) is 13.9. The van der Waals surface area contributed by atoms with Crippen LogP contribution in [0.15, 0.2) is 84.9 Å². The molecule has 0 aromatic heterocycles. The minimum atomic E-state index is -0.525. The Morgan fingerprint density at radius 1 is 0.708 bits per heavy atom. The summed E-state index contributed by atoms with van der Waals surface area (Å²) in [6.45, 7) is 2.59. The number of aryl methyl sites for hydroxylation is 1. The van der Waals surface area contributed by atoms with Crippen molar-refractivity contribution in [2.75, 3.05) is 6.54 Å². The third-order valence-electron chi connectivity index (χ3n) is 4.24. The first-order valence-electron chi connectivity index (χ1n) is 8.32. The topological polar surface area (TPSA) is 32.3 Å². The SMILES string of the molecule is Cc1ccc([C@H](NC[C@@H](O)c2ccccc2)c2ccccc2)cc1. The van der Waals surface area contributed by atoms with Crippen LogP contribution in [0.1, 0.15) is 34.4 Å². The monoisotopic (exact) mass is 317 g/mol. The van der Waals surface area contributed by atoms with E-state index in [1.165, 1.54) is 16.7 Å². The Morgan fingerprint density at radius 3 is 1.79 bits per heavy atom. The summed E-state index contributed by atoms with van der Waals surface area (Å²) in [5, 5.41) is 14.0. The number of benzene rings is 3. The third-order valence-corrected chi connectivity index (χ3v) is 4.24. The minimum absolute atomic E-state index is 0.0603. The van der Waals surface area contributed by atoms with Crippen molar-refractivity contribution in [3.8, 4) is 0 Å². The van der Waals surface area contributed by atoms with Crippen LogP contribution in [-0.4, -0.2) is 11.7 Å². The van der Waals surface area contributed by atoms with Gasteiger partial charge in [0.2, 0.25) is 0 Å². The number of hydrogen-bond acceptors (Lipinski definition) is 2. The number of rotatable bonds is 6. The van der Waals surface area contributed by atoms with Gasteiger partial charge in [0.15, 0.2) is 0 Å². The van der Waals surface area contributed by atoms with Crippen molar-refractivity contribution in [1.82, 2.24) is 5.32 Å². The van der Waals surface area contributed by atoms with Crippen molar-refractivity contribution in [3.63, 3.8) is 0 Å². The summed E-state index contributed by atoms with van der Waals surface area (Å²) in [6.07, 6.45) is -0.525. The van der Waals surface area contributed by atoms with E-state index in [0.717, 1.165) is 5.56 Å². The maximum absolute atomic E-state index is 10.4. The van der Waals surface area contributed by atoms with Gasteiger partial charge in [-0.2, -0.15) is 0 Å². The first-order chi connectivity index (χ1) is 11.7. The van der Waals surface area contributed by atoms with E-state index < -0.39 is 6.10 Å². The second-order valence-electron chi connectivity index (χ2n) is 6.09. The maximum Gasteiger partial charge on any atom is 0.0914 e. The van der Waals surface area contributed by atoms with E-state index >= 15 is 0 Å². The van der Waals surface area contributed by atoms with E-state index in [1.807, 2.05) is 48.5 Å². The van der Waals surface area contributed by atoms with Crippen LogP contribution >= 0.6 is 0 Å². The fourth-order valence-corrected chi connectivity index (χ4v) is 2.86. The van der Waals surface area contributed by atoms with Gasteiger partial charge in [0, 0.05) is 6.54 Å². The molecule has 0 aliphatic heterocycles. The first kappa shape index (κ1) is 16.4. The van der Waals surface area contributed by atoms with Crippen molar-refractivity contribution < 1.29 is 5.11 Å². The van der Waals surface area contributed by atoms with Crippen LogP contribution in [0, 0.1) is 6.92 Å². The molecule has 0 aliphatic carbocycles. The van der Waals surface area contributed by atoms with Crippen LogP contribution in [0.25, 0.3) is 0 Å². The van der Waals surface area contributed by atoms with Gasteiger partial charge in [0.1, 0.15) is 0 Å². The van der Waals surface area contributed by atoms with Gasteiger partial charge in [-0.25, -0.2) is 0 Å². The number of hydrogen-bond donors (Lipinski definition) is 2. The third kappa shape index (κ3) is 4.10. The van der Waals surface area contributed by atoms with Crippen molar-refractivity contribution >= 4 is 0 Å². The Kier molecular flexibility index (Phi) is 5.42. The highest BCUT2D eigenvalue weighted by atomic mass is 16.3. The lowest BCUT2D eigenvalue weighted by atomic mass is 9.97. The van der Waals surface area contributed by atoms with Gasteiger partial charge >= 0.3 is 0 Å². The van der Waals surface area contributed by atoms with Gasteiger partial charge < -0.3 is 10.4 Å². The summed E-state index contributed by atoms with van der Waals surface area (Å²) >= 11 is 0. The Bertz CT molecular complexity index is 738. The molecule has 0 unspecified atom stereocenters. The zero-order chi connectivity index (χ0) is 16.8. The van der Waals surface area contributed by atoms with E-state index in [1.54, 1.807) is 0 Å². The van der Waals surface area contributed by atoms with E-state index in [4.69, 9.17) is 0 Å². The summed E-state index contributed by atoms with van der Waals surface area (Å²) < 4.78 is 0. The molecule has 2 atom stereocenters. The molecule has 3 rings (SSSR count). The molecule has 3 aromatic rings. The van der Waals surface area contributed by atoms with Gasteiger partial charge in [-0.1, -0.05) is 90.5 Å². The molecular weight excluding hydrogens is 294 g/mol. The molecule has 122 valence electrons. The quantitative estimate of drug-likeness (QED) is 0.706. The van der Waals surface area contributed by atoms with Crippen LogP contribution in [0.2, 0.25) is 0 Å². The average molecular weight is 317 g/mol.